The van der Waals surface area contributed by atoms with Crippen molar-refractivity contribution in [3.05, 3.63) is 53.7 Å². The number of aliphatic hydroxyl groups is 1. The number of nitrogens with one attached hydrogen (secondary N) is 1. The number of carboxylic acids is 1. The average Bonchev–Trinajstić information content (AvgIpc) is 2.58. The zero-order valence-electron chi connectivity index (χ0n) is 12.8. The number of pyridine rings is 1. The monoisotopic (exact) mass is 356 g/mol. The molecule has 1 aromatic carbocycles. The number of halogens is 3. The molecular weight excluding hydrogens is 341 g/mol. The van der Waals surface area contributed by atoms with E-state index in [1.54, 1.807) is 0 Å². The van der Waals surface area contributed by atoms with Crippen LogP contribution in [0.4, 0.5) is 19.0 Å². The second kappa shape index (κ2) is 7.84. The molecule has 1 unspecified atom stereocenters. The molecule has 25 heavy (non-hydrogen) atoms. The van der Waals surface area contributed by atoms with Crippen LogP contribution < -0.4 is 10.1 Å². The summed E-state index contributed by atoms with van der Waals surface area (Å²) in [6, 6.07) is 8.67. The van der Waals surface area contributed by atoms with Gasteiger partial charge in [0.15, 0.2) is 5.69 Å². The summed E-state index contributed by atoms with van der Waals surface area (Å²) in [6.45, 7) is -0.262. The van der Waals surface area contributed by atoms with Gasteiger partial charge in [-0.25, -0.2) is 9.78 Å². The number of aromatic carboxylic acids is 1. The van der Waals surface area contributed by atoms with Gasteiger partial charge in [-0.3, -0.25) is 0 Å². The van der Waals surface area contributed by atoms with Crippen molar-refractivity contribution < 1.29 is 32.9 Å². The first-order valence-electron chi connectivity index (χ1n) is 7.18. The Morgan fingerprint density at radius 1 is 1.24 bits per heavy atom. The molecule has 0 aliphatic carbocycles. The first-order valence-corrected chi connectivity index (χ1v) is 7.18. The topological polar surface area (TPSA) is 91.7 Å². The summed E-state index contributed by atoms with van der Waals surface area (Å²) < 4.78 is 43.0. The maximum absolute atomic E-state index is 12.6. The van der Waals surface area contributed by atoms with Crippen LogP contribution in [0.5, 0.6) is 5.75 Å². The van der Waals surface area contributed by atoms with Crippen LogP contribution in [-0.4, -0.2) is 40.4 Å². The highest BCUT2D eigenvalue weighted by Crippen LogP contribution is 2.31. The molecule has 0 amide bonds. The molecule has 1 aromatic heterocycles. The zero-order valence-corrected chi connectivity index (χ0v) is 12.8. The number of aromatic nitrogens is 1. The van der Waals surface area contributed by atoms with E-state index in [0.29, 0.717) is 0 Å². The number of benzene rings is 1. The van der Waals surface area contributed by atoms with Gasteiger partial charge in [-0.1, -0.05) is 12.1 Å². The van der Waals surface area contributed by atoms with E-state index in [-0.39, 0.29) is 30.4 Å². The third-order valence-corrected chi connectivity index (χ3v) is 3.09. The van der Waals surface area contributed by atoms with Gasteiger partial charge in [0.1, 0.15) is 24.3 Å². The van der Waals surface area contributed by atoms with E-state index in [1.165, 1.54) is 30.3 Å². The van der Waals surface area contributed by atoms with Crippen molar-refractivity contribution in [3.63, 3.8) is 0 Å². The first kappa shape index (κ1) is 18.5. The van der Waals surface area contributed by atoms with Gasteiger partial charge in [0.2, 0.25) is 0 Å². The second-order valence-corrected chi connectivity index (χ2v) is 5.08. The smallest absolute Gasteiger partial charge is 0.416 e. The SMILES string of the molecule is O=C(O)c1cccc(NCC(O)COc2cccc(C(F)(F)F)c2)n1. The number of nitrogens with zero attached hydrogens (tertiary/aromatic N) is 1. The Labute approximate surface area is 140 Å². The van der Waals surface area contributed by atoms with Crippen LogP contribution in [0.3, 0.4) is 0 Å². The average molecular weight is 356 g/mol. The summed E-state index contributed by atoms with van der Waals surface area (Å²) in [6.07, 6.45) is -5.51. The highest BCUT2D eigenvalue weighted by atomic mass is 19.4. The molecule has 1 atom stereocenters. The highest BCUT2D eigenvalue weighted by molar-refractivity contribution is 5.85. The van der Waals surface area contributed by atoms with Crippen molar-refractivity contribution >= 4 is 11.8 Å². The fraction of sp³-hybridized carbons (Fsp3) is 0.250. The summed E-state index contributed by atoms with van der Waals surface area (Å²) in [7, 11) is 0. The van der Waals surface area contributed by atoms with Gasteiger partial charge in [0, 0.05) is 6.54 Å². The number of anilines is 1. The number of rotatable bonds is 7. The predicted octanol–water partition coefficient (Wildman–Crippen LogP) is 2.65. The molecule has 0 bridgehead atoms. The standard InChI is InChI=1S/C16H15F3N2O4/c17-16(18,19)10-3-1-4-12(7-10)25-9-11(22)8-20-14-6-2-5-13(21-14)15(23)24/h1-7,11,22H,8-9H2,(H,20,21)(H,23,24). The van der Waals surface area contributed by atoms with Crippen molar-refractivity contribution in [2.45, 2.75) is 12.3 Å². The minimum absolute atomic E-state index is 0.0140. The van der Waals surface area contributed by atoms with Crippen molar-refractivity contribution in [1.29, 1.82) is 0 Å². The van der Waals surface area contributed by atoms with Crippen LogP contribution in [0.25, 0.3) is 0 Å². The lowest BCUT2D eigenvalue weighted by atomic mass is 10.2. The molecular formula is C16H15F3N2O4. The summed E-state index contributed by atoms with van der Waals surface area (Å²) in [5, 5.41) is 21.4. The molecule has 1 heterocycles. The largest absolute Gasteiger partial charge is 0.491 e. The number of hydrogen-bond acceptors (Lipinski definition) is 5. The Balaban J connectivity index is 1.86. The van der Waals surface area contributed by atoms with Crippen molar-refractivity contribution in [1.82, 2.24) is 4.98 Å². The molecule has 0 aliphatic heterocycles. The van der Waals surface area contributed by atoms with Crippen LogP contribution in [0.1, 0.15) is 16.1 Å². The van der Waals surface area contributed by atoms with E-state index in [9.17, 15) is 23.1 Å². The Bertz CT molecular complexity index is 737. The van der Waals surface area contributed by atoms with Gasteiger partial charge in [-0.2, -0.15) is 13.2 Å². The molecule has 134 valence electrons. The Morgan fingerprint density at radius 2 is 1.96 bits per heavy atom. The van der Waals surface area contributed by atoms with E-state index in [4.69, 9.17) is 9.84 Å². The number of alkyl halides is 3. The fourth-order valence-corrected chi connectivity index (χ4v) is 1.89. The van der Waals surface area contributed by atoms with Crippen LogP contribution in [-0.2, 0) is 6.18 Å². The van der Waals surface area contributed by atoms with Crippen LogP contribution in [0.2, 0.25) is 0 Å². The lowest BCUT2D eigenvalue weighted by Crippen LogP contribution is -2.26. The molecule has 2 aromatic rings. The Kier molecular flexibility index (Phi) is 5.81. The Morgan fingerprint density at radius 3 is 2.64 bits per heavy atom. The molecule has 9 heteroatoms. The summed E-state index contributed by atoms with van der Waals surface area (Å²) in [5.74, 6) is -0.949. The number of carbonyl (C=O) groups is 1. The van der Waals surface area contributed by atoms with Gasteiger partial charge in [0.25, 0.3) is 0 Å². The van der Waals surface area contributed by atoms with Crippen LogP contribution >= 0.6 is 0 Å². The van der Waals surface area contributed by atoms with E-state index in [2.05, 4.69) is 10.3 Å². The van der Waals surface area contributed by atoms with Crippen LogP contribution in [0, 0.1) is 0 Å². The summed E-state index contributed by atoms with van der Waals surface area (Å²) >= 11 is 0. The molecule has 2 rings (SSSR count). The fourth-order valence-electron chi connectivity index (χ4n) is 1.89. The third-order valence-electron chi connectivity index (χ3n) is 3.09. The quantitative estimate of drug-likeness (QED) is 0.706. The van der Waals surface area contributed by atoms with Gasteiger partial charge in [0.05, 0.1) is 5.56 Å². The van der Waals surface area contributed by atoms with Crippen molar-refractivity contribution in [3.8, 4) is 5.75 Å². The van der Waals surface area contributed by atoms with E-state index < -0.39 is 23.8 Å². The third kappa shape index (κ3) is 5.64. The van der Waals surface area contributed by atoms with Gasteiger partial charge in [-0.15, -0.1) is 0 Å². The molecule has 6 nitrogen and oxygen atoms in total. The number of ether oxygens (including phenoxy) is 1. The summed E-state index contributed by atoms with van der Waals surface area (Å²) in [5.41, 5.74) is -0.994. The molecule has 0 radical (unpaired) electrons. The number of aliphatic hydroxyl groups excluding tert-OH is 1. The molecule has 0 spiro atoms. The normalized spacial score (nSPS) is 12.5. The lowest BCUT2D eigenvalue weighted by Gasteiger charge is -2.15. The van der Waals surface area contributed by atoms with Gasteiger partial charge < -0.3 is 20.3 Å². The molecule has 0 fully saturated rings. The number of hydrogen-bond donors (Lipinski definition) is 3. The zero-order chi connectivity index (χ0) is 18.4. The highest BCUT2D eigenvalue weighted by Gasteiger charge is 2.30. The van der Waals surface area contributed by atoms with E-state index in [1.807, 2.05) is 0 Å². The number of carboxylic acid groups (broad SMARTS) is 1. The maximum atomic E-state index is 12.6. The summed E-state index contributed by atoms with van der Waals surface area (Å²) in [4.78, 5) is 14.6. The molecule has 0 saturated heterocycles. The minimum atomic E-state index is -4.47. The molecule has 0 aliphatic rings. The van der Waals surface area contributed by atoms with E-state index in [0.717, 1.165) is 12.1 Å². The predicted molar refractivity (Wildman–Crippen MR) is 82.6 cm³/mol. The maximum Gasteiger partial charge on any atom is 0.416 e. The first-order chi connectivity index (χ1) is 11.8. The van der Waals surface area contributed by atoms with Crippen LogP contribution in [0.15, 0.2) is 42.5 Å². The van der Waals surface area contributed by atoms with Gasteiger partial charge in [-0.05, 0) is 30.3 Å². The Hall–Kier alpha value is -2.81. The second-order valence-electron chi connectivity index (χ2n) is 5.08. The molecule has 3 N–H and O–H groups in total. The lowest BCUT2D eigenvalue weighted by molar-refractivity contribution is -0.137. The molecule has 0 saturated carbocycles. The van der Waals surface area contributed by atoms with Gasteiger partial charge >= 0.3 is 12.1 Å². The van der Waals surface area contributed by atoms with Crippen molar-refractivity contribution in [2.24, 2.45) is 0 Å². The minimum Gasteiger partial charge on any atom is -0.491 e. The van der Waals surface area contributed by atoms with E-state index >= 15 is 0 Å². The van der Waals surface area contributed by atoms with Crippen molar-refractivity contribution in [2.75, 3.05) is 18.5 Å².